The molecule has 100 valence electrons. The smallest absolute Gasteiger partial charge is 0.159 e. The van der Waals surface area contributed by atoms with Gasteiger partial charge in [0, 0.05) is 0 Å². The van der Waals surface area contributed by atoms with Crippen molar-refractivity contribution in [3.63, 3.8) is 0 Å². The van der Waals surface area contributed by atoms with Crippen molar-refractivity contribution in [1.29, 1.82) is 0 Å². The standard InChI is InChI=1S/C14H11ClF3N/c1-19-14(8-2-4-11(16)10(15)6-8)9-3-5-12(17)13(18)7-9/h2-7,14,19H,1H3. The van der Waals surface area contributed by atoms with Crippen LogP contribution in [0.15, 0.2) is 36.4 Å². The van der Waals surface area contributed by atoms with Gasteiger partial charge in [-0.25, -0.2) is 13.2 Å². The summed E-state index contributed by atoms with van der Waals surface area (Å²) >= 11 is 5.72. The maximum absolute atomic E-state index is 13.2. The molecule has 0 spiro atoms. The molecular weight excluding hydrogens is 275 g/mol. The molecule has 2 aromatic rings. The molecule has 0 saturated heterocycles. The molecule has 0 amide bonds. The highest BCUT2D eigenvalue weighted by Gasteiger charge is 2.15. The second-order valence-corrected chi connectivity index (χ2v) is 4.48. The molecule has 5 heteroatoms. The van der Waals surface area contributed by atoms with Gasteiger partial charge in [-0.1, -0.05) is 23.7 Å². The molecule has 0 aromatic heterocycles. The predicted octanol–water partition coefficient (Wildman–Crippen LogP) is 4.07. The van der Waals surface area contributed by atoms with Crippen molar-refractivity contribution in [2.24, 2.45) is 0 Å². The van der Waals surface area contributed by atoms with Crippen LogP contribution in [0.3, 0.4) is 0 Å². The van der Waals surface area contributed by atoms with Gasteiger partial charge in [-0.3, -0.25) is 0 Å². The zero-order chi connectivity index (χ0) is 14.0. The van der Waals surface area contributed by atoms with Crippen LogP contribution in [-0.2, 0) is 0 Å². The average Bonchev–Trinajstić information content (AvgIpc) is 2.39. The summed E-state index contributed by atoms with van der Waals surface area (Å²) in [6.45, 7) is 0. The Balaban J connectivity index is 2.43. The minimum absolute atomic E-state index is 0.0136. The predicted molar refractivity (Wildman–Crippen MR) is 68.7 cm³/mol. The lowest BCUT2D eigenvalue weighted by molar-refractivity contribution is 0.505. The number of benzene rings is 2. The molecular formula is C14H11ClF3N. The van der Waals surface area contributed by atoms with Gasteiger partial charge in [-0.15, -0.1) is 0 Å². The Bertz CT molecular complexity index is 550. The minimum Gasteiger partial charge on any atom is -0.309 e. The van der Waals surface area contributed by atoms with Crippen LogP contribution in [-0.4, -0.2) is 7.05 Å². The van der Waals surface area contributed by atoms with Crippen molar-refractivity contribution < 1.29 is 13.2 Å². The summed E-state index contributed by atoms with van der Waals surface area (Å²) in [5.41, 5.74) is 1.20. The van der Waals surface area contributed by atoms with E-state index in [2.05, 4.69) is 5.32 Å². The van der Waals surface area contributed by atoms with Gasteiger partial charge in [0.1, 0.15) is 5.82 Å². The summed E-state index contributed by atoms with van der Waals surface area (Å²) < 4.78 is 39.3. The zero-order valence-electron chi connectivity index (χ0n) is 10.1. The van der Waals surface area contributed by atoms with Gasteiger partial charge < -0.3 is 5.32 Å². The monoisotopic (exact) mass is 285 g/mol. The van der Waals surface area contributed by atoms with E-state index in [0.29, 0.717) is 11.1 Å². The minimum atomic E-state index is -0.925. The molecule has 19 heavy (non-hydrogen) atoms. The van der Waals surface area contributed by atoms with Gasteiger partial charge in [-0.05, 0) is 42.4 Å². The molecule has 0 heterocycles. The van der Waals surface area contributed by atoms with Crippen molar-refractivity contribution in [2.75, 3.05) is 7.05 Å². The van der Waals surface area contributed by atoms with Crippen LogP contribution in [0.1, 0.15) is 17.2 Å². The van der Waals surface area contributed by atoms with Crippen LogP contribution in [0.2, 0.25) is 5.02 Å². The normalized spacial score (nSPS) is 12.5. The first-order chi connectivity index (χ1) is 9.02. The maximum atomic E-state index is 13.2. The van der Waals surface area contributed by atoms with Crippen LogP contribution < -0.4 is 5.32 Å². The third-order valence-corrected chi connectivity index (χ3v) is 3.13. The summed E-state index contributed by atoms with van der Waals surface area (Å²) in [7, 11) is 1.67. The average molecular weight is 286 g/mol. The molecule has 0 fully saturated rings. The third-order valence-electron chi connectivity index (χ3n) is 2.84. The first-order valence-electron chi connectivity index (χ1n) is 5.60. The topological polar surface area (TPSA) is 12.0 Å². The van der Waals surface area contributed by atoms with Gasteiger partial charge in [0.25, 0.3) is 0 Å². The van der Waals surface area contributed by atoms with E-state index in [4.69, 9.17) is 11.6 Å². The largest absolute Gasteiger partial charge is 0.309 e. The lowest BCUT2D eigenvalue weighted by atomic mass is 9.98. The number of nitrogens with one attached hydrogen (secondary N) is 1. The number of hydrogen-bond acceptors (Lipinski definition) is 1. The molecule has 1 N–H and O–H groups in total. The van der Waals surface area contributed by atoms with Gasteiger partial charge >= 0.3 is 0 Å². The fourth-order valence-corrected chi connectivity index (χ4v) is 2.10. The summed E-state index contributed by atoms with van der Waals surface area (Å²) in [6.07, 6.45) is 0. The van der Waals surface area contributed by atoms with E-state index in [1.54, 1.807) is 13.1 Å². The van der Waals surface area contributed by atoms with Crippen molar-refractivity contribution >= 4 is 11.6 Å². The molecule has 1 atom stereocenters. The summed E-state index contributed by atoms with van der Waals surface area (Å²) in [5.74, 6) is -2.35. The van der Waals surface area contributed by atoms with Crippen LogP contribution in [0.25, 0.3) is 0 Å². The molecule has 1 nitrogen and oxygen atoms in total. The quantitative estimate of drug-likeness (QED) is 0.896. The Morgan fingerprint density at radius 3 is 2.00 bits per heavy atom. The fourth-order valence-electron chi connectivity index (χ4n) is 1.91. The zero-order valence-corrected chi connectivity index (χ0v) is 10.8. The Labute approximate surface area is 114 Å². The second-order valence-electron chi connectivity index (χ2n) is 4.07. The first kappa shape index (κ1) is 13.9. The van der Waals surface area contributed by atoms with E-state index in [-0.39, 0.29) is 5.02 Å². The Hall–Kier alpha value is -1.52. The van der Waals surface area contributed by atoms with E-state index in [9.17, 15) is 13.2 Å². The Kier molecular flexibility index (Phi) is 4.12. The van der Waals surface area contributed by atoms with Crippen molar-refractivity contribution in [2.45, 2.75) is 6.04 Å². The highest BCUT2D eigenvalue weighted by Crippen LogP contribution is 2.26. The van der Waals surface area contributed by atoms with Gasteiger partial charge in [0.05, 0.1) is 11.1 Å². The SMILES string of the molecule is CNC(c1ccc(F)c(F)c1)c1ccc(F)c(Cl)c1. The maximum Gasteiger partial charge on any atom is 0.159 e. The van der Waals surface area contributed by atoms with E-state index >= 15 is 0 Å². The van der Waals surface area contributed by atoms with Gasteiger partial charge in [-0.2, -0.15) is 0 Å². The summed E-state index contributed by atoms with van der Waals surface area (Å²) in [4.78, 5) is 0. The number of hydrogen-bond donors (Lipinski definition) is 1. The molecule has 0 aliphatic rings. The third kappa shape index (κ3) is 2.91. The van der Waals surface area contributed by atoms with Crippen LogP contribution >= 0.6 is 11.6 Å². The summed E-state index contributed by atoms with van der Waals surface area (Å²) in [6, 6.07) is 7.48. The van der Waals surface area contributed by atoms with Crippen LogP contribution in [0, 0.1) is 17.5 Å². The van der Waals surface area contributed by atoms with Crippen molar-refractivity contribution in [3.8, 4) is 0 Å². The van der Waals surface area contributed by atoms with Crippen molar-refractivity contribution in [1.82, 2.24) is 5.32 Å². The highest BCUT2D eigenvalue weighted by molar-refractivity contribution is 6.30. The Morgan fingerprint density at radius 1 is 0.895 bits per heavy atom. The number of rotatable bonds is 3. The van der Waals surface area contributed by atoms with E-state index in [0.717, 1.165) is 12.1 Å². The van der Waals surface area contributed by atoms with E-state index in [1.165, 1.54) is 18.2 Å². The molecule has 0 aliphatic heterocycles. The molecule has 2 rings (SSSR count). The van der Waals surface area contributed by atoms with E-state index in [1.807, 2.05) is 0 Å². The molecule has 0 radical (unpaired) electrons. The van der Waals surface area contributed by atoms with Gasteiger partial charge in [0.15, 0.2) is 11.6 Å². The lowest BCUT2D eigenvalue weighted by Crippen LogP contribution is -2.18. The van der Waals surface area contributed by atoms with Crippen molar-refractivity contribution in [3.05, 3.63) is 70.0 Å². The molecule has 0 aliphatic carbocycles. The highest BCUT2D eigenvalue weighted by atomic mass is 35.5. The molecule has 0 bridgehead atoms. The first-order valence-corrected chi connectivity index (χ1v) is 5.98. The molecule has 2 aromatic carbocycles. The van der Waals surface area contributed by atoms with Gasteiger partial charge in [0.2, 0.25) is 0 Å². The fraction of sp³-hybridized carbons (Fsp3) is 0.143. The second kappa shape index (κ2) is 5.63. The molecule has 0 saturated carbocycles. The summed E-state index contributed by atoms with van der Waals surface area (Å²) in [5, 5.41) is 2.94. The van der Waals surface area contributed by atoms with E-state index < -0.39 is 23.5 Å². The molecule has 1 unspecified atom stereocenters. The number of halogens is 4. The van der Waals surface area contributed by atoms with Crippen LogP contribution in [0.4, 0.5) is 13.2 Å². The van der Waals surface area contributed by atoms with Crippen LogP contribution in [0.5, 0.6) is 0 Å². The lowest BCUT2D eigenvalue weighted by Gasteiger charge is -2.17. The Morgan fingerprint density at radius 2 is 1.47 bits per heavy atom.